The summed E-state index contributed by atoms with van der Waals surface area (Å²) in [7, 11) is 0. The van der Waals surface area contributed by atoms with E-state index >= 15 is 0 Å². The van der Waals surface area contributed by atoms with Crippen molar-refractivity contribution in [3.05, 3.63) is 63.9 Å². The first-order chi connectivity index (χ1) is 12.0. The van der Waals surface area contributed by atoms with E-state index in [4.69, 9.17) is 16.3 Å². The summed E-state index contributed by atoms with van der Waals surface area (Å²) in [5, 5.41) is 2.96. The summed E-state index contributed by atoms with van der Waals surface area (Å²) >= 11 is 5.64. The van der Waals surface area contributed by atoms with Gasteiger partial charge in [0.1, 0.15) is 5.82 Å². The van der Waals surface area contributed by atoms with Crippen molar-refractivity contribution >= 4 is 29.2 Å². The van der Waals surface area contributed by atoms with Gasteiger partial charge in [-0.1, -0.05) is 43.6 Å². The van der Waals surface area contributed by atoms with Crippen LogP contribution in [0.2, 0.25) is 5.02 Å². The van der Waals surface area contributed by atoms with E-state index in [0.717, 1.165) is 35.7 Å². The molecule has 2 aromatic carbocycles. The van der Waals surface area contributed by atoms with Gasteiger partial charge in [-0.3, -0.25) is 4.79 Å². The number of benzene rings is 2. The molecule has 132 valence electrons. The van der Waals surface area contributed by atoms with E-state index in [1.54, 1.807) is 0 Å². The van der Waals surface area contributed by atoms with Crippen LogP contribution in [0.25, 0.3) is 0 Å². The first-order valence-electron chi connectivity index (χ1n) is 7.99. The van der Waals surface area contributed by atoms with Crippen molar-refractivity contribution in [2.75, 3.05) is 11.9 Å². The van der Waals surface area contributed by atoms with Crippen LogP contribution in [0.5, 0.6) is 0 Å². The molecule has 0 radical (unpaired) electrons. The quantitative estimate of drug-likeness (QED) is 0.774. The SMILES string of the molecule is CCc1cccc(CC)c1NC(=O)COC(=O)c1ccc(Cl)cc1F. The molecule has 0 aromatic heterocycles. The van der Waals surface area contributed by atoms with Crippen LogP contribution in [0.3, 0.4) is 0 Å². The van der Waals surface area contributed by atoms with E-state index in [2.05, 4.69) is 5.32 Å². The van der Waals surface area contributed by atoms with Crippen molar-refractivity contribution in [2.45, 2.75) is 26.7 Å². The second-order valence-corrected chi connectivity index (χ2v) is 5.84. The lowest BCUT2D eigenvalue weighted by Gasteiger charge is -2.14. The molecule has 6 heteroatoms. The van der Waals surface area contributed by atoms with Crippen LogP contribution in [0, 0.1) is 5.82 Å². The molecule has 0 atom stereocenters. The molecular weight excluding hydrogens is 345 g/mol. The predicted molar refractivity (Wildman–Crippen MR) is 95.5 cm³/mol. The Hall–Kier alpha value is -2.40. The molecule has 2 rings (SSSR count). The van der Waals surface area contributed by atoms with E-state index in [9.17, 15) is 14.0 Å². The number of carbonyl (C=O) groups is 2. The van der Waals surface area contributed by atoms with Crippen molar-refractivity contribution in [1.29, 1.82) is 0 Å². The number of aryl methyl sites for hydroxylation is 2. The van der Waals surface area contributed by atoms with Gasteiger partial charge in [0.25, 0.3) is 5.91 Å². The number of esters is 1. The third-order valence-electron chi connectivity index (χ3n) is 3.75. The maximum absolute atomic E-state index is 13.7. The van der Waals surface area contributed by atoms with Crippen LogP contribution < -0.4 is 5.32 Å². The molecule has 0 saturated heterocycles. The van der Waals surface area contributed by atoms with Gasteiger partial charge < -0.3 is 10.1 Å². The van der Waals surface area contributed by atoms with E-state index < -0.39 is 24.3 Å². The lowest BCUT2D eigenvalue weighted by atomic mass is 10.0. The van der Waals surface area contributed by atoms with Crippen LogP contribution in [-0.2, 0) is 22.4 Å². The summed E-state index contributed by atoms with van der Waals surface area (Å²) in [4.78, 5) is 24.0. The first-order valence-corrected chi connectivity index (χ1v) is 8.36. The fourth-order valence-electron chi connectivity index (χ4n) is 2.44. The van der Waals surface area contributed by atoms with Crippen LogP contribution >= 0.6 is 11.6 Å². The summed E-state index contributed by atoms with van der Waals surface area (Å²) < 4.78 is 18.6. The number of hydrogen-bond donors (Lipinski definition) is 1. The standard InChI is InChI=1S/C19H19ClFNO3/c1-3-12-6-5-7-13(4-2)18(12)22-17(23)11-25-19(24)15-9-8-14(20)10-16(15)21/h5-10H,3-4,11H2,1-2H3,(H,22,23). The van der Waals surface area contributed by atoms with Gasteiger partial charge >= 0.3 is 5.97 Å². The van der Waals surface area contributed by atoms with Gasteiger partial charge in [-0.05, 0) is 42.2 Å². The van der Waals surface area contributed by atoms with Crippen LogP contribution in [0.15, 0.2) is 36.4 Å². The number of carbonyl (C=O) groups excluding carboxylic acids is 2. The zero-order valence-corrected chi connectivity index (χ0v) is 14.8. The Morgan fingerprint density at radius 1 is 1.12 bits per heavy atom. The molecule has 0 spiro atoms. The summed E-state index contributed by atoms with van der Waals surface area (Å²) in [5.74, 6) is -2.18. The second-order valence-electron chi connectivity index (χ2n) is 5.41. The number of amides is 1. The van der Waals surface area contributed by atoms with E-state index in [0.29, 0.717) is 0 Å². The molecule has 25 heavy (non-hydrogen) atoms. The average molecular weight is 364 g/mol. The minimum Gasteiger partial charge on any atom is -0.452 e. The minimum absolute atomic E-state index is 0.176. The zero-order chi connectivity index (χ0) is 18.4. The van der Waals surface area contributed by atoms with Gasteiger partial charge in [0.05, 0.1) is 5.56 Å². The molecule has 0 aliphatic carbocycles. The van der Waals surface area contributed by atoms with Crippen molar-refractivity contribution in [3.63, 3.8) is 0 Å². The third-order valence-corrected chi connectivity index (χ3v) is 3.98. The number of halogens is 2. The molecule has 1 amide bonds. The Morgan fingerprint density at radius 2 is 1.76 bits per heavy atom. The molecule has 0 aliphatic rings. The lowest BCUT2D eigenvalue weighted by Crippen LogP contribution is -2.22. The van der Waals surface area contributed by atoms with E-state index in [1.807, 2.05) is 32.0 Å². The number of para-hydroxylation sites is 1. The molecule has 4 nitrogen and oxygen atoms in total. The predicted octanol–water partition coefficient (Wildman–Crippen LogP) is 4.40. The summed E-state index contributed by atoms with van der Waals surface area (Å²) in [5.41, 5.74) is 2.48. The van der Waals surface area contributed by atoms with Crippen molar-refractivity contribution in [3.8, 4) is 0 Å². The number of anilines is 1. The molecular formula is C19H19ClFNO3. The Labute approximate surface area is 150 Å². The molecule has 1 N–H and O–H groups in total. The van der Waals surface area contributed by atoms with Crippen molar-refractivity contribution < 1.29 is 18.7 Å². The van der Waals surface area contributed by atoms with Crippen LogP contribution in [0.1, 0.15) is 35.3 Å². The maximum atomic E-state index is 13.7. The van der Waals surface area contributed by atoms with Gasteiger partial charge in [-0.2, -0.15) is 0 Å². The monoisotopic (exact) mass is 363 g/mol. The molecule has 0 aliphatic heterocycles. The average Bonchev–Trinajstić information content (AvgIpc) is 2.59. The van der Waals surface area contributed by atoms with E-state index in [1.165, 1.54) is 12.1 Å². The highest BCUT2D eigenvalue weighted by Crippen LogP contribution is 2.22. The minimum atomic E-state index is -0.913. The second kappa shape index (κ2) is 8.62. The number of nitrogens with one attached hydrogen (secondary N) is 1. The summed E-state index contributed by atoms with van der Waals surface area (Å²) in [6.07, 6.45) is 1.53. The fourth-order valence-corrected chi connectivity index (χ4v) is 2.60. The Balaban J connectivity index is 2.03. The maximum Gasteiger partial charge on any atom is 0.341 e. The number of hydrogen-bond acceptors (Lipinski definition) is 3. The molecule has 0 unspecified atom stereocenters. The van der Waals surface area contributed by atoms with E-state index in [-0.39, 0.29) is 10.6 Å². The Morgan fingerprint density at radius 3 is 2.32 bits per heavy atom. The normalized spacial score (nSPS) is 10.4. The molecule has 0 fully saturated rings. The smallest absolute Gasteiger partial charge is 0.341 e. The first kappa shape index (κ1) is 18.9. The van der Waals surface area contributed by atoms with Gasteiger partial charge in [0.2, 0.25) is 0 Å². The van der Waals surface area contributed by atoms with Crippen LogP contribution in [0.4, 0.5) is 10.1 Å². The lowest BCUT2D eigenvalue weighted by molar-refractivity contribution is -0.119. The zero-order valence-electron chi connectivity index (χ0n) is 14.1. The van der Waals surface area contributed by atoms with Gasteiger partial charge in [0.15, 0.2) is 6.61 Å². The summed E-state index contributed by atoms with van der Waals surface area (Å²) in [6.45, 7) is 3.49. The largest absolute Gasteiger partial charge is 0.452 e. The summed E-state index contributed by atoms with van der Waals surface area (Å²) in [6, 6.07) is 9.43. The fraction of sp³-hybridized carbons (Fsp3) is 0.263. The molecule has 0 bridgehead atoms. The highest BCUT2D eigenvalue weighted by molar-refractivity contribution is 6.30. The molecule has 0 saturated carbocycles. The van der Waals surface area contributed by atoms with Crippen LogP contribution in [-0.4, -0.2) is 18.5 Å². The van der Waals surface area contributed by atoms with Gasteiger partial charge in [-0.25, -0.2) is 9.18 Å². The highest BCUT2D eigenvalue weighted by Gasteiger charge is 2.16. The molecule has 0 heterocycles. The highest BCUT2D eigenvalue weighted by atomic mass is 35.5. The van der Waals surface area contributed by atoms with Gasteiger partial charge in [-0.15, -0.1) is 0 Å². The van der Waals surface area contributed by atoms with Crippen molar-refractivity contribution in [1.82, 2.24) is 0 Å². The van der Waals surface area contributed by atoms with Crippen molar-refractivity contribution in [2.24, 2.45) is 0 Å². The Kier molecular flexibility index (Phi) is 6.53. The topological polar surface area (TPSA) is 55.4 Å². The number of rotatable bonds is 6. The van der Waals surface area contributed by atoms with Gasteiger partial charge in [0, 0.05) is 10.7 Å². The third kappa shape index (κ3) is 4.79. The number of ether oxygens (including phenoxy) is 1. The molecule has 2 aromatic rings. The Bertz CT molecular complexity index is 770.